The van der Waals surface area contributed by atoms with Crippen LogP contribution in [0.15, 0.2) is 82.3 Å². The number of hydrogen-bond donors (Lipinski definition) is 0. The predicted octanol–water partition coefficient (Wildman–Crippen LogP) is 5.16. The summed E-state index contributed by atoms with van der Waals surface area (Å²) >= 11 is 6.17. The van der Waals surface area contributed by atoms with E-state index in [1.807, 2.05) is 6.92 Å². The fourth-order valence-electron chi connectivity index (χ4n) is 3.14. The van der Waals surface area contributed by atoms with Crippen LogP contribution in [0.25, 0.3) is 6.08 Å². The molecule has 0 spiro atoms. The number of nitrogens with zero attached hydrogens (tertiary/aromatic N) is 1. The monoisotopic (exact) mass is 497 g/mol. The maximum Gasteiger partial charge on any atom is 0.363 e. The first-order valence-corrected chi connectivity index (χ1v) is 12.1. The van der Waals surface area contributed by atoms with Crippen molar-refractivity contribution in [1.82, 2.24) is 0 Å². The number of carbonyl (C=O) groups is 1. The Morgan fingerprint density at radius 3 is 2.47 bits per heavy atom. The molecule has 0 unspecified atom stereocenters. The first kappa shape index (κ1) is 23.5. The lowest BCUT2D eigenvalue weighted by Crippen LogP contribution is -2.11. The van der Waals surface area contributed by atoms with Crippen LogP contribution in [0.1, 0.15) is 23.6 Å². The Morgan fingerprint density at radius 2 is 1.76 bits per heavy atom. The molecule has 0 radical (unpaired) electrons. The van der Waals surface area contributed by atoms with Gasteiger partial charge in [0.05, 0.1) is 17.2 Å². The van der Waals surface area contributed by atoms with Crippen LogP contribution in [0.5, 0.6) is 11.5 Å². The number of carbonyl (C=O) groups excluding carboxylic acids is 1. The lowest BCUT2D eigenvalue weighted by Gasteiger charge is -2.12. The van der Waals surface area contributed by atoms with E-state index in [0.29, 0.717) is 16.1 Å². The van der Waals surface area contributed by atoms with Crippen molar-refractivity contribution < 1.29 is 26.9 Å². The molecule has 0 aromatic heterocycles. The van der Waals surface area contributed by atoms with Crippen molar-refractivity contribution >= 4 is 39.7 Å². The number of halogens is 1. The molecule has 9 heteroatoms. The van der Waals surface area contributed by atoms with E-state index in [0.717, 1.165) is 5.56 Å². The molecule has 0 bridgehead atoms. The van der Waals surface area contributed by atoms with Gasteiger partial charge in [0, 0.05) is 0 Å². The third-order valence-electron chi connectivity index (χ3n) is 4.80. The molecule has 7 nitrogen and oxygen atoms in total. The van der Waals surface area contributed by atoms with Gasteiger partial charge in [0.1, 0.15) is 4.90 Å². The number of esters is 1. The number of aryl methyl sites for hydroxylation is 1. The number of aliphatic imine (C=N–C) groups is 1. The standard InChI is InChI=1S/C25H20ClNO6S/c1-3-31-23-15-17(10-13-22(23)33-34(29,30)18-11-8-16(2)9-12-18)14-21-25(28)32-24(27-21)19-6-4-5-7-20(19)26/h4-15H,3H2,1-2H3/b21-14-. The molecule has 3 aromatic carbocycles. The van der Waals surface area contributed by atoms with Gasteiger partial charge >= 0.3 is 16.1 Å². The van der Waals surface area contributed by atoms with Crippen LogP contribution in [-0.4, -0.2) is 26.9 Å². The van der Waals surface area contributed by atoms with Gasteiger partial charge in [0.2, 0.25) is 5.90 Å². The van der Waals surface area contributed by atoms with Gasteiger partial charge in [0.15, 0.2) is 17.2 Å². The van der Waals surface area contributed by atoms with Gasteiger partial charge < -0.3 is 13.7 Å². The zero-order chi connectivity index (χ0) is 24.3. The van der Waals surface area contributed by atoms with Crippen molar-refractivity contribution in [3.05, 3.63) is 94.1 Å². The van der Waals surface area contributed by atoms with Crippen molar-refractivity contribution in [2.75, 3.05) is 6.61 Å². The minimum absolute atomic E-state index is 0.0267. The average molecular weight is 498 g/mol. The maximum absolute atomic E-state index is 12.7. The molecule has 174 valence electrons. The smallest absolute Gasteiger partial charge is 0.363 e. The van der Waals surface area contributed by atoms with Crippen LogP contribution in [-0.2, 0) is 19.6 Å². The summed E-state index contributed by atoms with van der Waals surface area (Å²) in [6.45, 7) is 3.90. The second-order valence-electron chi connectivity index (χ2n) is 7.31. The summed E-state index contributed by atoms with van der Waals surface area (Å²) in [5, 5.41) is 0.408. The molecule has 0 amide bonds. The molecule has 1 aliphatic rings. The Morgan fingerprint density at radius 1 is 1.03 bits per heavy atom. The second-order valence-corrected chi connectivity index (χ2v) is 9.26. The fraction of sp³-hybridized carbons (Fsp3) is 0.120. The van der Waals surface area contributed by atoms with Crippen LogP contribution in [0.4, 0.5) is 0 Å². The highest BCUT2D eigenvalue weighted by atomic mass is 35.5. The van der Waals surface area contributed by atoms with Gasteiger partial charge in [-0.05, 0) is 61.9 Å². The summed E-state index contributed by atoms with van der Waals surface area (Å²) in [6, 6.07) is 17.8. The van der Waals surface area contributed by atoms with Crippen LogP contribution in [0, 0.1) is 6.92 Å². The largest absolute Gasteiger partial charge is 0.490 e. The van der Waals surface area contributed by atoms with E-state index in [1.54, 1.807) is 55.5 Å². The molecular weight excluding hydrogens is 478 g/mol. The number of cyclic esters (lactones) is 1. The lowest BCUT2D eigenvalue weighted by molar-refractivity contribution is -0.129. The molecule has 0 aliphatic carbocycles. The van der Waals surface area contributed by atoms with Gasteiger partial charge in [-0.3, -0.25) is 0 Å². The van der Waals surface area contributed by atoms with Crippen LogP contribution in [0.3, 0.4) is 0 Å². The van der Waals surface area contributed by atoms with E-state index in [2.05, 4.69) is 4.99 Å². The summed E-state index contributed by atoms with van der Waals surface area (Å²) in [5.74, 6) is -0.292. The molecule has 0 fully saturated rings. The first-order valence-electron chi connectivity index (χ1n) is 10.3. The molecule has 34 heavy (non-hydrogen) atoms. The van der Waals surface area contributed by atoms with Crippen molar-refractivity contribution in [1.29, 1.82) is 0 Å². The molecule has 0 saturated heterocycles. The molecule has 3 aromatic rings. The Balaban J connectivity index is 1.64. The Labute approximate surface area is 202 Å². The lowest BCUT2D eigenvalue weighted by atomic mass is 10.1. The first-order chi connectivity index (χ1) is 16.3. The van der Waals surface area contributed by atoms with E-state index in [4.69, 9.17) is 25.3 Å². The van der Waals surface area contributed by atoms with Crippen LogP contribution in [0.2, 0.25) is 5.02 Å². The SMILES string of the molecule is CCOc1cc(/C=C2\N=C(c3ccccc3Cl)OC2=O)ccc1OS(=O)(=O)c1ccc(C)cc1. The highest BCUT2D eigenvalue weighted by Gasteiger charge is 2.26. The normalized spacial score (nSPS) is 14.6. The molecule has 0 atom stereocenters. The third-order valence-corrected chi connectivity index (χ3v) is 6.38. The minimum atomic E-state index is -4.06. The number of benzene rings is 3. The summed E-state index contributed by atoms with van der Waals surface area (Å²) < 4.78 is 41.6. The number of ether oxygens (including phenoxy) is 2. The van der Waals surface area contributed by atoms with Gasteiger partial charge in [-0.25, -0.2) is 9.79 Å². The second kappa shape index (κ2) is 9.70. The summed E-state index contributed by atoms with van der Waals surface area (Å²) in [7, 11) is -4.06. The zero-order valence-electron chi connectivity index (χ0n) is 18.3. The Bertz CT molecular complexity index is 1410. The highest BCUT2D eigenvalue weighted by Crippen LogP contribution is 2.33. The Kier molecular flexibility index (Phi) is 6.72. The van der Waals surface area contributed by atoms with Gasteiger partial charge in [-0.1, -0.05) is 47.5 Å². The predicted molar refractivity (Wildman–Crippen MR) is 129 cm³/mol. The highest BCUT2D eigenvalue weighted by molar-refractivity contribution is 7.87. The summed E-state index contributed by atoms with van der Waals surface area (Å²) in [5.41, 5.74) is 2.04. The summed E-state index contributed by atoms with van der Waals surface area (Å²) in [6.07, 6.45) is 1.51. The fourth-order valence-corrected chi connectivity index (χ4v) is 4.30. The van der Waals surface area contributed by atoms with E-state index in [-0.39, 0.29) is 34.6 Å². The number of rotatable bonds is 7. The molecule has 0 N–H and O–H groups in total. The van der Waals surface area contributed by atoms with Gasteiger partial charge in [-0.2, -0.15) is 8.42 Å². The van der Waals surface area contributed by atoms with Crippen molar-refractivity contribution in [3.63, 3.8) is 0 Å². The molecule has 0 saturated carbocycles. The van der Waals surface area contributed by atoms with Gasteiger partial charge in [-0.15, -0.1) is 0 Å². The zero-order valence-corrected chi connectivity index (χ0v) is 19.9. The van der Waals surface area contributed by atoms with Crippen molar-refractivity contribution in [2.45, 2.75) is 18.7 Å². The van der Waals surface area contributed by atoms with E-state index in [9.17, 15) is 13.2 Å². The van der Waals surface area contributed by atoms with E-state index >= 15 is 0 Å². The quantitative estimate of drug-likeness (QED) is 0.254. The van der Waals surface area contributed by atoms with Crippen molar-refractivity contribution in [3.8, 4) is 11.5 Å². The molecule has 1 heterocycles. The van der Waals surface area contributed by atoms with Crippen LogP contribution < -0.4 is 8.92 Å². The van der Waals surface area contributed by atoms with E-state index in [1.165, 1.54) is 24.3 Å². The van der Waals surface area contributed by atoms with Gasteiger partial charge in [0.25, 0.3) is 0 Å². The topological polar surface area (TPSA) is 91.3 Å². The van der Waals surface area contributed by atoms with Crippen LogP contribution >= 0.6 is 11.6 Å². The summed E-state index contributed by atoms with van der Waals surface area (Å²) in [4.78, 5) is 16.6. The average Bonchev–Trinajstić information content (AvgIpc) is 3.16. The number of hydrogen-bond acceptors (Lipinski definition) is 7. The van der Waals surface area contributed by atoms with Crippen molar-refractivity contribution in [2.24, 2.45) is 4.99 Å². The molecular formula is C25H20ClNO6S. The minimum Gasteiger partial charge on any atom is -0.490 e. The molecule has 1 aliphatic heterocycles. The van der Waals surface area contributed by atoms with E-state index < -0.39 is 16.1 Å². The third kappa shape index (κ3) is 5.13. The molecule has 4 rings (SSSR count). The maximum atomic E-state index is 12.7. The Hall–Kier alpha value is -3.62.